The molecule has 3 nitrogen and oxygen atoms in total. The van der Waals surface area contributed by atoms with Crippen LogP contribution in [0, 0.1) is 0 Å². The first-order chi connectivity index (χ1) is 8.86. The highest BCUT2D eigenvalue weighted by Crippen LogP contribution is 2.25. The zero-order chi connectivity index (χ0) is 12.4. The van der Waals surface area contributed by atoms with E-state index < -0.39 is 0 Å². The van der Waals surface area contributed by atoms with Gasteiger partial charge in [-0.15, -0.1) is 10.2 Å². The minimum Gasteiger partial charge on any atom is -0.280 e. The van der Waals surface area contributed by atoms with E-state index in [2.05, 4.69) is 26.1 Å². The van der Waals surface area contributed by atoms with Crippen molar-refractivity contribution in [1.82, 2.24) is 14.8 Å². The molecule has 2 aromatic carbocycles. The fourth-order valence-corrected chi connectivity index (χ4v) is 2.32. The van der Waals surface area contributed by atoms with Gasteiger partial charge in [-0.3, -0.25) is 4.57 Å². The minimum atomic E-state index is 0.836. The lowest BCUT2D eigenvalue weighted by Gasteiger charge is -2.08. The average Bonchev–Trinajstić information content (AvgIpc) is 2.89. The Labute approximate surface area is 113 Å². The van der Waals surface area contributed by atoms with E-state index in [4.69, 9.17) is 0 Å². The molecule has 0 N–H and O–H groups in total. The summed E-state index contributed by atoms with van der Waals surface area (Å²) in [5, 5.41) is 8.20. The van der Waals surface area contributed by atoms with Crippen LogP contribution in [0.5, 0.6) is 0 Å². The number of benzene rings is 2. The largest absolute Gasteiger partial charge is 0.280 e. The molecule has 0 bridgehead atoms. The van der Waals surface area contributed by atoms with Crippen molar-refractivity contribution in [2.45, 2.75) is 0 Å². The van der Waals surface area contributed by atoms with Crippen LogP contribution >= 0.6 is 15.9 Å². The lowest BCUT2D eigenvalue weighted by molar-refractivity contribution is 1.06. The van der Waals surface area contributed by atoms with Gasteiger partial charge in [-0.1, -0.05) is 42.5 Å². The van der Waals surface area contributed by atoms with E-state index >= 15 is 0 Å². The SMILES string of the molecule is Brc1ccccc1-n1cnnc1-c1ccccc1. The standard InChI is InChI=1S/C14H10BrN3/c15-12-8-4-5-9-13(12)18-10-16-17-14(18)11-6-2-1-3-7-11/h1-10H. The van der Waals surface area contributed by atoms with Gasteiger partial charge >= 0.3 is 0 Å². The van der Waals surface area contributed by atoms with Crippen molar-refractivity contribution in [2.75, 3.05) is 0 Å². The van der Waals surface area contributed by atoms with Crippen molar-refractivity contribution in [2.24, 2.45) is 0 Å². The third-order valence-corrected chi connectivity index (χ3v) is 3.36. The van der Waals surface area contributed by atoms with Gasteiger partial charge in [0, 0.05) is 10.0 Å². The third kappa shape index (κ3) is 1.95. The van der Waals surface area contributed by atoms with Gasteiger partial charge in [-0.25, -0.2) is 0 Å². The molecular formula is C14H10BrN3. The lowest BCUT2D eigenvalue weighted by atomic mass is 10.2. The number of nitrogens with zero attached hydrogens (tertiary/aromatic N) is 3. The Balaban J connectivity index is 2.16. The van der Waals surface area contributed by atoms with Crippen molar-refractivity contribution < 1.29 is 0 Å². The summed E-state index contributed by atoms with van der Waals surface area (Å²) in [6, 6.07) is 18.0. The first kappa shape index (κ1) is 11.2. The van der Waals surface area contributed by atoms with Crippen LogP contribution in [0.1, 0.15) is 0 Å². The first-order valence-electron chi connectivity index (χ1n) is 5.56. The second-order valence-electron chi connectivity index (χ2n) is 3.84. The van der Waals surface area contributed by atoms with Gasteiger partial charge in [0.25, 0.3) is 0 Å². The van der Waals surface area contributed by atoms with E-state index in [0.717, 1.165) is 21.5 Å². The van der Waals surface area contributed by atoms with Crippen LogP contribution in [0.4, 0.5) is 0 Å². The molecular weight excluding hydrogens is 290 g/mol. The summed E-state index contributed by atoms with van der Waals surface area (Å²) in [6.45, 7) is 0. The molecule has 0 radical (unpaired) electrons. The molecule has 18 heavy (non-hydrogen) atoms. The van der Waals surface area contributed by atoms with Crippen molar-refractivity contribution in [1.29, 1.82) is 0 Å². The number of aromatic nitrogens is 3. The summed E-state index contributed by atoms with van der Waals surface area (Å²) >= 11 is 3.55. The van der Waals surface area contributed by atoms with E-state index in [-0.39, 0.29) is 0 Å². The highest BCUT2D eigenvalue weighted by Gasteiger charge is 2.10. The molecule has 0 aliphatic heterocycles. The molecule has 0 saturated carbocycles. The predicted octanol–water partition coefficient (Wildman–Crippen LogP) is 3.70. The van der Waals surface area contributed by atoms with Gasteiger partial charge in [-0.05, 0) is 28.1 Å². The summed E-state index contributed by atoms with van der Waals surface area (Å²) < 4.78 is 2.99. The maximum absolute atomic E-state index is 4.20. The van der Waals surface area contributed by atoms with E-state index in [1.165, 1.54) is 0 Å². The third-order valence-electron chi connectivity index (χ3n) is 2.69. The number of para-hydroxylation sites is 1. The maximum Gasteiger partial charge on any atom is 0.168 e. The number of rotatable bonds is 2. The fourth-order valence-electron chi connectivity index (χ4n) is 1.84. The zero-order valence-electron chi connectivity index (χ0n) is 9.49. The fraction of sp³-hybridized carbons (Fsp3) is 0. The van der Waals surface area contributed by atoms with E-state index in [1.54, 1.807) is 6.33 Å². The molecule has 0 aliphatic carbocycles. The van der Waals surface area contributed by atoms with Gasteiger partial charge in [0.05, 0.1) is 5.69 Å². The van der Waals surface area contributed by atoms with Crippen LogP contribution in [0.25, 0.3) is 17.1 Å². The van der Waals surface area contributed by atoms with E-state index in [1.807, 2.05) is 59.2 Å². The molecule has 0 aliphatic rings. The Kier molecular flexibility index (Phi) is 2.94. The van der Waals surface area contributed by atoms with Gasteiger partial charge < -0.3 is 0 Å². The Morgan fingerprint density at radius 1 is 0.889 bits per heavy atom. The minimum absolute atomic E-state index is 0.836. The molecule has 4 heteroatoms. The summed E-state index contributed by atoms with van der Waals surface area (Å²) in [4.78, 5) is 0. The molecule has 0 spiro atoms. The highest BCUT2D eigenvalue weighted by molar-refractivity contribution is 9.10. The monoisotopic (exact) mass is 299 g/mol. The smallest absolute Gasteiger partial charge is 0.168 e. The molecule has 1 heterocycles. The van der Waals surface area contributed by atoms with Gasteiger partial charge in [0.2, 0.25) is 0 Å². The lowest BCUT2D eigenvalue weighted by Crippen LogP contribution is -1.96. The Bertz CT molecular complexity index is 662. The van der Waals surface area contributed by atoms with Crippen molar-refractivity contribution in [3.63, 3.8) is 0 Å². The van der Waals surface area contributed by atoms with Crippen molar-refractivity contribution >= 4 is 15.9 Å². The molecule has 0 atom stereocenters. The van der Waals surface area contributed by atoms with Crippen LogP contribution in [-0.4, -0.2) is 14.8 Å². The van der Waals surface area contributed by atoms with Crippen molar-refractivity contribution in [3.8, 4) is 17.1 Å². The Hall–Kier alpha value is -1.94. The number of hydrogen-bond donors (Lipinski definition) is 0. The highest BCUT2D eigenvalue weighted by atomic mass is 79.9. The zero-order valence-corrected chi connectivity index (χ0v) is 11.1. The van der Waals surface area contributed by atoms with E-state index in [9.17, 15) is 0 Å². The van der Waals surface area contributed by atoms with E-state index in [0.29, 0.717) is 0 Å². The van der Waals surface area contributed by atoms with Gasteiger partial charge in [0.15, 0.2) is 5.82 Å². The number of hydrogen-bond acceptors (Lipinski definition) is 2. The second-order valence-corrected chi connectivity index (χ2v) is 4.70. The summed E-state index contributed by atoms with van der Waals surface area (Å²) in [6.07, 6.45) is 1.72. The Morgan fingerprint density at radius 3 is 2.39 bits per heavy atom. The second kappa shape index (κ2) is 4.74. The van der Waals surface area contributed by atoms with Crippen LogP contribution in [0.15, 0.2) is 65.4 Å². The molecule has 1 aromatic heterocycles. The summed E-state index contributed by atoms with van der Waals surface area (Å²) in [5.74, 6) is 0.836. The van der Waals surface area contributed by atoms with Crippen LogP contribution in [-0.2, 0) is 0 Å². The summed E-state index contributed by atoms with van der Waals surface area (Å²) in [5.41, 5.74) is 2.08. The van der Waals surface area contributed by atoms with Crippen LogP contribution in [0.3, 0.4) is 0 Å². The summed E-state index contributed by atoms with van der Waals surface area (Å²) in [7, 11) is 0. The topological polar surface area (TPSA) is 30.7 Å². The molecule has 0 saturated heterocycles. The molecule has 88 valence electrons. The van der Waals surface area contributed by atoms with Crippen molar-refractivity contribution in [3.05, 3.63) is 65.4 Å². The predicted molar refractivity (Wildman–Crippen MR) is 74.5 cm³/mol. The Morgan fingerprint density at radius 2 is 1.61 bits per heavy atom. The quantitative estimate of drug-likeness (QED) is 0.722. The van der Waals surface area contributed by atoms with Gasteiger partial charge in [0.1, 0.15) is 6.33 Å². The van der Waals surface area contributed by atoms with Gasteiger partial charge in [-0.2, -0.15) is 0 Å². The molecule has 0 fully saturated rings. The maximum atomic E-state index is 4.20. The molecule has 3 aromatic rings. The molecule has 3 rings (SSSR count). The normalized spacial score (nSPS) is 10.5. The number of halogens is 1. The first-order valence-corrected chi connectivity index (χ1v) is 6.36. The van der Waals surface area contributed by atoms with Crippen LogP contribution in [0.2, 0.25) is 0 Å². The molecule has 0 amide bonds. The molecule has 0 unspecified atom stereocenters. The van der Waals surface area contributed by atoms with Crippen LogP contribution < -0.4 is 0 Å². The average molecular weight is 300 g/mol.